The van der Waals surface area contributed by atoms with Crippen molar-refractivity contribution >= 4 is 12.1 Å². The minimum atomic E-state index is -1.84. The second-order valence-corrected chi connectivity index (χ2v) is 17.6. The maximum absolute atomic E-state index is 14.3. The van der Waals surface area contributed by atoms with Gasteiger partial charge in [-0.2, -0.15) is 0 Å². The van der Waals surface area contributed by atoms with Crippen LogP contribution in [0.15, 0.2) is 71.9 Å². The largest absolute Gasteiger partial charge is 0.462 e. The number of esters is 1. The maximum atomic E-state index is 14.3. The molecule has 3 fully saturated rings. The van der Waals surface area contributed by atoms with E-state index in [1.807, 2.05) is 39.0 Å². The van der Waals surface area contributed by atoms with Gasteiger partial charge < -0.3 is 53.4 Å². The number of carbonyl (C=O) groups is 2. The van der Waals surface area contributed by atoms with Gasteiger partial charge >= 0.3 is 12.1 Å². The topological polar surface area (TPSA) is 160 Å². The summed E-state index contributed by atoms with van der Waals surface area (Å²) in [5.74, 6) is -2.62. The number of aliphatic hydroxyl groups excluding tert-OH is 1. The van der Waals surface area contributed by atoms with E-state index >= 15 is 0 Å². The number of carbonyl (C=O) groups excluding carboxylic acids is 2. The van der Waals surface area contributed by atoms with Crippen LogP contribution in [0.1, 0.15) is 87.0 Å². The number of hydrogen-bond donors (Lipinski definition) is 3. The molecule has 2 bridgehead atoms. The maximum Gasteiger partial charge on any atom is 0.407 e. The third-order valence-corrected chi connectivity index (χ3v) is 13.7. The Balaban J connectivity index is 1.37. The molecule has 5 heterocycles. The number of methoxy groups -OCH3 is 2. The van der Waals surface area contributed by atoms with Crippen molar-refractivity contribution < 1.29 is 57.7 Å². The number of ether oxygens (including phenoxy) is 8. The summed E-state index contributed by atoms with van der Waals surface area (Å²) >= 11 is 0. The highest BCUT2D eigenvalue weighted by atomic mass is 16.7. The molecule has 1 aliphatic carbocycles. The fourth-order valence-corrected chi connectivity index (χ4v) is 10.00. The highest BCUT2D eigenvalue weighted by Gasteiger charge is 2.60. The smallest absolute Gasteiger partial charge is 0.407 e. The molecule has 6 aliphatic rings. The number of fused-ring (bicyclic) bond motifs is 2. The summed E-state index contributed by atoms with van der Waals surface area (Å²) in [6.07, 6.45) is 11.9. The van der Waals surface area contributed by atoms with Crippen LogP contribution < -0.4 is 5.32 Å². The van der Waals surface area contributed by atoms with Crippen molar-refractivity contribution in [1.29, 1.82) is 0 Å². The highest BCUT2D eigenvalue weighted by Crippen LogP contribution is 2.47. The summed E-state index contributed by atoms with van der Waals surface area (Å²) in [4.78, 5) is 26.9. The van der Waals surface area contributed by atoms with Crippen LogP contribution in [0.2, 0.25) is 0 Å². The zero-order chi connectivity index (χ0) is 42.9. The Bertz CT molecular complexity index is 1710. The summed E-state index contributed by atoms with van der Waals surface area (Å²) < 4.78 is 50.5. The Morgan fingerprint density at radius 2 is 1.86 bits per heavy atom. The van der Waals surface area contributed by atoms with Gasteiger partial charge in [-0.05, 0) is 62.3 Å². The number of allylic oxidation sites excluding steroid dienone is 2. The number of amides is 1. The Morgan fingerprint density at radius 3 is 2.56 bits per heavy atom. The lowest BCUT2D eigenvalue weighted by Crippen LogP contribution is -2.68. The summed E-state index contributed by atoms with van der Waals surface area (Å²) in [6, 6.07) is 0. The second kappa shape index (κ2) is 18.5. The van der Waals surface area contributed by atoms with Crippen LogP contribution in [-0.4, -0.2) is 115 Å². The minimum Gasteiger partial charge on any atom is -0.462 e. The molecule has 5 aliphatic heterocycles. The lowest BCUT2D eigenvalue weighted by atomic mass is 9.71. The normalized spacial score (nSPS) is 43.1. The van der Waals surface area contributed by atoms with Crippen LogP contribution in [0.3, 0.4) is 0 Å². The van der Waals surface area contributed by atoms with E-state index in [0.29, 0.717) is 36.8 Å². The minimum absolute atomic E-state index is 0.0231. The zero-order valence-electron chi connectivity index (χ0n) is 36.3. The van der Waals surface area contributed by atoms with Gasteiger partial charge in [-0.15, -0.1) is 6.58 Å². The van der Waals surface area contributed by atoms with Crippen molar-refractivity contribution in [3.63, 3.8) is 0 Å². The molecule has 0 radical (unpaired) electrons. The SMILES string of the molecule is C=CC[C@@]1(NC(=O)OC)[C@H](C)OC(O[C@@H]2C(C)=CC[C@@H]3C[C@@H](C[C@]4(C=C[C@H](C)[C@@H](C(C)CC)O4)O3)OC(=O)[C@@H]3C=C(C)[C@@H](O)[C@H]4OCC(=CC=CC2C)[C@]43O)C[C@@H]1OC. The molecule has 3 saturated heterocycles. The Morgan fingerprint density at radius 1 is 1.10 bits per heavy atom. The van der Waals surface area contributed by atoms with Gasteiger partial charge in [0.1, 0.15) is 29.8 Å². The molecule has 6 rings (SSSR count). The number of alkyl carbamates (subject to hydrolysis) is 1. The zero-order valence-corrected chi connectivity index (χ0v) is 36.3. The first kappa shape index (κ1) is 45.4. The molecular formula is C46H67NO12. The van der Waals surface area contributed by atoms with Gasteiger partial charge in [0.2, 0.25) is 0 Å². The van der Waals surface area contributed by atoms with Gasteiger partial charge in [-0.25, -0.2) is 4.79 Å². The number of hydrogen-bond acceptors (Lipinski definition) is 12. The average molecular weight is 826 g/mol. The van der Waals surface area contributed by atoms with E-state index in [-0.39, 0.29) is 36.9 Å². The Labute approximate surface area is 349 Å². The van der Waals surface area contributed by atoms with Crippen molar-refractivity contribution in [3.05, 3.63) is 71.9 Å². The molecule has 0 aromatic heterocycles. The standard InChI is InChI=1S/C46H67NO12/c1-11-19-45(47-43(50)53-10)31(8)55-37(23-36(45)52-9)57-39-27(4)14-13-15-32-25-54-41-38(48)30(7)21-35(46(32,41)51)42(49)56-34-22-33(17-16-28(39)5)58-44(24-34)20-18-29(6)40(59-44)26(3)12-2/h11,13-16,18,20-21,26-27,29,31,33-41,48,51H,1,12,17,19,22-25H2,2-10H3,(H,47,50)/t26?,27?,29-,31-,33+,34-,35-,36-,37?,38+,39-,40+,41+,44+,45+,46+/m0/s1. The van der Waals surface area contributed by atoms with E-state index in [4.69, 9.17) is 37.9 Å². The predicted octanol–water partition coefficient (Wildman–Crippen LogP) is 6.15. The predicted molar refractivity (Wildman–Crippen MR) is 220 cm³/mol. The first-order valence-corrected chi connectivity index (χ1v) is 21.4. The summed E-state index contributed by atoms with van der Waals surface area (Å²) in [5, 5.41) is 26.6. The van der Waals surface area contributed by atoms with E-state index in [1.54, 1.807) is 32.3 Å². The van der Waals surface area contributed by atoms with Gasteiger partial charge in [0, 0.05) is 38.2 Å². The molecular weight excluding hydrogens is 759 g/mol. The van der Waals surface area contributed by atoms with E-state index in [2.05, 4.69) is 44.8 Å². The highest BCUT2D eigenvalue weighted by molar-refractivity contribution is 5.78. The van der Waals surface area contributed by atoms with Gasteiger partial charge in [0.15, 0.2) is 12.1 Å². The lowest BCUT2D eigenvalue weighted by Gasteiger charge is -2.49. The van der Waals surface area contributed by atoms with E-state index < -0.39 is 83.9 Å². The van der Waals surface area contributed by atoms with Gasteiger partial charge in [0.25, 0.3) is 0 Å². The monoisotopic (exact) mass is 825 g/mol. The molecule has 1 amide bonds. The number of nitrogens with one attached hydrogen (secondary N) is 1. The van der Waals surface area contributed by atoms with Crippen molar-refractivity contribution in [2.24, 2.45) is 23.7 Å². The van der Waals surface area contributed by atoms with Crippen LogP contribution in [0.25, 0.3) is 0 Å². The van der Waals surface area contributed by atoms with Gasteiger partial charge in [-0.3, -0.25) is 4.79 Å². The van der Waals surface area contributed by atoms with Crippen LogP contribution >= 0.6 is 0 Å². The molecule has 13 nitrogen and oxygen atoms in total. The van der Waals surface area contributed by atoms with Crippen molar-refractivity contribution in [2.45, 2.75) is 159 Å². The second-order valence-electron chi connectivity index (χ2n) is 17.6. The number of rotatable bonds is 8. The third-order valence-electron chi connectivity index (χ3n) is 13.7. The van der Waals surface area contributed by atoms with E-state index in [1.165, 1.54) is 7.11 Å². The summed E-state index contributed by atoms with van der Waals surface area (Å²) in [6.45, 7) is 18.1. The lowest BCUT2D eigenvalue weighted by molar-refractivity contribution is -0.300. The molecule has 13 heteroatoms. The molecule has 3 unspecified atom stereocenters. The van der Waals surface area contributed by atoms with Crippen molar-refractivity contribution in [2.75, 3.05) is 20.8 Å². The molecule has 0 saturated carbocycles. The first-order chi connectivity index (χ1) is 28.0. The van der Waals surface area contributed by atoms with Gasteiger partial charge in [-0.1, -0.05) is 76.6 Å². The molecule has 16 atom stereocenters. The fourth-order valence-electron chi connectivity index (χ4n) is 10.00. The molecule has 0 aromatic rings. The quantitative estimate of drug-likeness (QED) is 0.190. The van der Waals surface area contributed by atoms with Crippen LogP contribution in [0, 0.1) is 23.7 Å². The van der Waals surface area contributed by atoms with E-state index in [0.717, 1.165) is 12.0 Å². The number of aliphatic hydroxyl groups is 2. The first-order valence-electron chi connectivity index (χ1n) is 21.4. The average Bonchev–Trinajstić information content (AvgIpc) is 3.55. The summed E-state index contributed by atoms with van der Waals surface area (Å²) in [5.41, 5.74) is -0.858. The van der Waals surface area contributed by atoms with Crippen LogP contribution in [0.4, 0.5) is 4.79 Å². The van der Waals surface area contributed by atoms with Crippen LogP contribution in [-0.2, 0) is 42.7 Å². The fraction of sp³-hybridized carbons (Fsp3) is 0.696. The molecule has 0 aromatic carbocycles. The molecule has 1 spiro atoms. The van der Waals surface area contributed by atoms with Crippen molar-refractivity contribution in [1.82, 2.24) is 5.32 Å². The molecule has 328 valence electrons. The molecule has 59 heavy (non-hydrogen) atoms. The van der Waals surface area contributed by atoms with Gasteiger partial charge in [0.05, 0.1) is 49.8 Å². The molecule has 3 N–H and O–H groups in total. The Kier molecular flexibility index (Phi) is 14.2. The van der Waals surface area contributed by atoms with E-state index in [9.17, 15) is 19.8 Å². The van der Waals surface area contributed by atoms with Crippen LogP contribution in [0.5, 0.6) is 0 Å². The van der Waals surface area contributed by atoms with Crippen molar-refractivity contribution in [3.8, 4) is 0 Å². The summed E-state index contributed by atoms with van der Waals surface area (Å²) in [7, 11) is 2.92. The third kappa shape index (κ3) is 8.95. The Hall–Kier alpha value is -3.14.